The van der Waals surface area contributed by atoms with Gasteiger partial charge in [0.2, 0.25) is 0 Å². The SMILES string of the molecule is CN(C)CCN(C)c1ccc2ncc(Br)n2n1. The van der Waals surface area contributed by atoms with E-state index in [1.165, 1.54) is 0 Å². The van der Waals surface area contributed by atoms with E-state index in [1.807, 2.05) is 19.2 Å². The first kappa shape index (κ1) is 12.3. The van der Waals surface area contributed by atoms with E-state index in [-0.39, 0.29) is 0 Å². The molecule has 0 amide bonds. The number of fused-ring (bicyclic) bond motifs is 1. The topological polar surface area (TPSA) is 36.7 Å². The van der Waals surface area contributed by atoms with E-state index in [2.05, 4.69) is 49.9 Å². The van der Waals surface area contributed by atoms with Gasteiger partial charge in [-0.3, -0.25) is 0 Å². The third-order valence-corrected chi connectivity index (χ3v) is 3.12. The van der Waals surface area contributed by atoms with E-state index in [4.69, 9.17) is 0 Å². The summed E-state index contributed by atoms with van der Waals surface area (Å²) in [6, 6.07) is 3.96. The number of nitrogens with zero attached hydrogens (tertiary/aromatic N) is 5. The average Bonchev–Trinajstić information content (AvgIpc) is 2.67. The second kappa shape index (κ2) is 5.01. The molecule has 0 aliphatic rings. The fraction of sp³-hybridized carbons (Fsp3) is 0.455. The van der Waals surface area contributed by atoms with Crippen LogP contribution in [0.4, 0.5) is 5.82 Å². The van der Waals surface area contributed by atoms with Gasteiger partial charge >= 0.3 is 0 Å². The largest absolute Gasteiger partial charge is 0.357 e. The maximum atomic E-state index is 4.53. The Balaban J connectivity index is 2.20. The van der Waals surface area contributed by atoms with Gasteiger partial charge in [0.05, 0.1) is 6.20 Å². The number of likely N-dealkylation sites (N-methyl/N-ethyl adjacent to an activating group) is 2. The monoisotopic (exact) mass is 297 g/mol. The molecule has 0 fully saturated rings. The molecule has 5 nitrogen and oxygen atoms in total. The quantitative estimate of drug-likeness (QED) is 0.857. The Hall–Kier alpha value is -1.14. The molecule has 0 saturated carbocycles. The zero-order chi connectivity index (χ0) is 12.4. The van der Waals surface area contributed by atoms with Crippen LogP contribution < -0.4 is 4.90 Å². The molecule has 0 radical (unpaired) electrons. The van der Waals surface area contributed by atoms with Crippen LogP contribution in [0.3, 0.4) is 0 Å². The molecule has 0 unspecified atom stereocenters. The van der Waals surface area contributed by atoms with Crippen molar-refractivity contribution in [2.75, 3.05) is 39.1 Å². The highest BCUT2D eigenvalue weighted by atomic mass is 79.9. The summed E-state index contributed by atoms with van der Waals surface area (Å²) in [4.78, 5) is 8.51. The Bertz CT molecular complexity index is 508. The van der Waals surface area contributed by atoms with Crippen LogP contribution in [-0.2, 0) is 0 Å². The first-order valence-corrected chi connectivity index (χ1v) is 6.23. The third kappa shape index (κ3) is 2.76. The van der Waals surface area contributed by atoms with E-state index >= 15 is 0 Å². The van der Waals surface area contributed by atoms with Crippen molar-refractivity contribution in [2.24, 2.45) is 0 Å². The summed E-state index contributed by atoms with van der Waals surface area (Å²) in [5.41, 5.74) is 0.849. The van der Waals surface area contributed by atoms with E-state index in [1.54, 1.807) is 10.7 Å². The Morgan fingerprint density at radius 1 is 1.24 bits per heavy atom. The number of aromatic nitrogens is 3. The Labute approximate surface area is 109 Å². The predicted octanol–water partition coefficient (Wildman–Crippen LogP) is 1.49. The zero-order valence-corrected chi connectivity index (χ0v) is 11.8. The summed E-state index contributed by atoms with van der Waals surface area (Å²) in [5, 5.41) is 4.53. The zero-order valence-electron chi connectivity index (χ0n) is 10.3. The molecule has 2 rings (SSSR count). The average molecular weight is 298 g/mol. The van der Waals surface area contributed by atoms with Crippen molar-refractivity contribution in [1.29, 1.82) is 0 Å². The number of rotatable bonds is 4. The van der Waals surface area contributed by atoms with Crippen molar-refractivity contribution >= 4 is 27.4 Å². The molecule has 0 spiro atoms. The van der Waals surface area contributed by atoms with Crippen LogP contribution in [0.1, 0.15) is 0 Å². The van der Waals surface area contributed by atoms with Gasteiger partial charge in [0.25, 0.3) is 0 Å². The number of hydrogen-bond donors (Lipinski definition) is 0. The molecule has 0 aliphatic carbocycles. The summed E-state index contributed by atoms with van der Waals surface area (Å²) in [6.07, 6.45) is 1.76. The Kier molecular flexibility index (Phi) is 3.63. The van der Waals surface area contributed by atoms with E-state index in [0.29, 0.717) is 0 Å². The minimum absolute atomic E-state index is 0.849. The number of halogens is 1. The van der Waals surface area contributed by atoms with Crippen molar-refractivity contribution in [3.63, 3.8) is 0 Å². The van der Waals surface area contributed by atoms with E-state index < -0.39 is 0 Å². The highest BCUT2D eigenvalue weighted by molar-refractivity contribution is 9.10. The lowest BCUT2D eigenvalue weighted by molar-refractivity contribution is 0.416. The predicted molar refractivity (Wildman–Crippen MR) is 72.5 cm³/mol. The van der Waals surface area contributed by atoms with Gasteiger partial charge in [-0.25, -0.2) is 9.50 Å². The number of hydrogen-bond acceptors (Lipinski definition) is 4. The van der Waals surface area contributed by atoms with Gasteiger partial charge in [0, 0.05) is 20.1 Å². The highest BCUT2D eigenvalue weighted by Gasteiger charge is 2.06. The molecular formula is C11H16BrN5. The van der Waals surface area contributed by atoms with Gasteiger partial charge in [-0.15, -0.1) is 5.10 Å². The molecule has 0 saturated heterocycles. The standard InChI is InChI=1S/C11H16BrN5/c1-15(2)6-7-16(3)11-5-4-10-13-8-9(12)17(10)14-11/h4-5,8H,6-7H2,1-3H3. The molecule has 0 bridgehead atoms. The fourth-order valence-corrected chi connectivity index (χ4v) is 1.87. The van der Waals surface area contributed by atoms with Gasteiger partial charge in [-0.2, -0.15) is 0 Å². The molecule has 2 aromatic rings. The van der Waals surface area contributed by atoms with E-state index in [9.17, 15) is 0 Å². The van der Waals surface area contributed by atoms with Gasteiger partial charge < -0.3 is 9.80 Å². The van der Waals surface area contributed by atoms with Gasteiger partial charge in [0.1, 0.15) is 10.4 Å². The van der Waals surface area contributed by atoms with Gasteiger partial charge in [-0.1, -0.05) is 0 Å². The minimum atomic E-state index is 0.849. The van der Waals surface area contributed by atoms with E-state index in [0.717, 1.165) is 29.2 Å². The van der Waals surface area contributed by atoms with Crippen molar-refractivity contribution in [2.45, 2.75) is 0 Å². The van der Waals surface area contributed by atoms with Gasteiger partial charge in [0.15, 0.2) is 5.65 Å². The van der Waals surface area contributed by atoms with Crippen LogP contribution in [0.2, 0.25) is 0 Å². The van der Waals surface area contributed by atoms with Crippen molar-refractivity contribution in [3.8, 4) is 0 Å². The van der Waals surface area contributed by atoms with Crippen molar-refractivity contribution < 1.29 is 0 Å². The molecule has 2 aromatic heterocycles. The molecule has 0 atom stereocenters. The fourth-order valence-electron chi connectivity index (χ4n) is 1.50. The van der Waals surface area contributed by atoms with Crippen LogP contribution in [-0.4, -0.2) is 53.7 Å². The normalized spacial score (nSPS) is 11.4. The van der Waals surface area contributed by atoms with Gasteiger partial charge in [-0.05, 0) is 42.2 Å². The number of anilines is 1. The molecule has 2 heterocycles. The Morgan fingerprint density at radius 2 is 2.00 bits per heavy atom. The molecule has 6 heteroatoms. The summed E-state index contributed by atoms with van der Waals surface area (Å²) in [6.45, 7) is 1.94. The summed E-state index contributed by atoms with van der Waals surface area (Å²) in [5.74, 6) is 0.943. The lowest BCUT2D eigenvalue weighted by Gasteiger charge is -2.20. The minimum Gasteiger partial charge on any atom is -0.357 e. The van der Waals surface area contributed by atoms with Crippen LogP contribution in [0.15, 0.2) is 22.9 Å². The van der Waals surface area contributed by atoms with Crippen LogP contribution in [0.25, 0.3) is 5.65 Å². The van der Waals surface area contributed by atoms with Crippen LogP contribution in [0, 0.1) is 0 Å². The highest BCUT2D eigenvalue weighted by Crippen LogP contribution is 2.15. The summed E-state index contributed by atoms with van der Waals surface area (Å²) >= 11 is 3.42. The van der Waals surface area contributed by atoms with Crippen LogP contribution >= 0.6 is 15.9 Å². The lowest BCUT2D eigenvalue weighted by atomic mass is 10.4. The molecular weight excluding hydrogens is 282 g/mol. The molecule has 0 N–H and O–H groups in total. The second-order valence-corrected chi connectivity index (χ2v) is 5.08. The van der Waals surface area contributed by atoms with Crippen LogP contribution in [0.5, 0.6) is 0 Å². The second-order valence-electron chi connectivity index (χ2n) is 4.27. The summed E-state index contributed by atoms with van der Waals surface area (Å²) in [7, 11) is 6.18. The number of imidazole rings is 1. The molecule has 92 valence electrons. The third-order valence-electron chi connectivity index (χ3n) is 2.58. The van der Waals surface area contributed by atoms with Crippen molar-refractivity contribution in [1.82, 2.24) is 19.5 Å². The van der Waals surface area contributed by atoms with Crippen molar-refractivity contribution in [3.05, 3.63) is 22.9 Å². The molecule has 17 heavy (non-hydrogen) atoms. The first-order valence-electron chi connectivity index (χ1n) is 5.44. The smallest absolute Gasteiger partial charge is 0.154 e. The molecule has 0 aliphatic heterocycles. The summed E-state index contributed by atoms with van der Waals surface area (Å²) < 4.78 is 2.66. The Morgan fingerprint density at radius 3 is 2.71 bits per heavy atom. The molecule has 0 aromatic carbocycles. The first-order chi connectivity index (χ1) is 8.08. The lowest BCUT2D eigenvalue weighted by Crippen LogP contribution is -2.29. The maximum absolute atomic E-state index is 4.53. The maximum Gasteiger partial charge on any atom is 0.154 e.